The van der Waals surface area contributed by atoms with Crippen molar-refractivity contribution in [2.75, 3.05) is 18.4 Å². The highest BCUT2D eigenvalue weighted by Gasteiger charge is 2.29. The van der Waals surface area contributed by atoms with E-state index in [9.17, 15) is 14.7 Å². The lowest BCUT2D eigenvalue weighted by Gasteiger charge is -2.24. The monoisotopic (exact) mass is 487 g/mol. The number of aromatic nitrogens is 1. The van der Waals surface area contributed by atoms with Crippen LogP contribution in [0.25, 0.3) is 10.1 Å². The van der Waals surface area contributed by atoms with Gasteiger partial charge in [0.1, 0.15) is 16.4 Å². The first-order valence-electron chi connectivity index (χ1n) is 11.5. The van der Waals surface area contributed by atoms with Crippen molar-refractivity contribution < 1.29 is 19.4 Å². The van der Waals surface area contributed by atoms with Crippen molar-refractivity contribution in [2.45, 2.75) is 25.3 Å². The van der Waals surface area contributed by atoms with Crippen molar-refractivity contribution in [1.29, 1.82) is 0 Å². The van der Waals surface area contributed by atoms with Crippen molar-refractivity contribution in [3.05, 3.63) is 83.5 Å². The molecule has 2 aromatic carbocycles. The van der Waals surface area contributed by atoms with Gasteiger partial charge in [-0.15, -0.1) is 11.3 Å². The van der Waals surface area contributed by atoms with Crippen LogP contribution in [0.15, 0.2) is 73.1 Å². The Labute approximate surface area is 207 Å². The fourth-order valence-corrected chi connectivity index (χ4v) is 5.65. The number of aromatic carboxylic acids is 1. The van der Waals surface area contributed by atoms with E-state index in [1.807, 2.05) is 42.5 Å². The molecule has 1 aliphatic heterocycles. The number of carbonyl (C=O) groups is 2. The van der Waals surface area contributed by atoms with Gasteiger partial charge in [0.2, 0.25) is 5.91 Å². The number of rotatable bonds is 8. The largest absolute Gasteiger partial charge is 0.477 e. The van der Waals surface area contributed by atoms with E-state index in [0.717, 1.165) is 35.0 Å². The van der Waals surface area contributed by atoms with Crippen molar-refractivity contribution in [1.82, 2.24) is 9.88 Å². The molecule has 8 heteroatoms. The maximum absolute atomic E-state index is 12.8. The fraction of sp³-hybridized carbons (Fsp3) is 0.222. The van der Waals surface area contributed by atoms with Crippen LogP contribution in [-0.4, -0.2) is 46.0 Å². The molecule has 0 saturated carbocycles. The molecule has 0 aliphatic carbocycles. The van der Waals surface area contributed by atoms with Crippen LogP contribution in [0.1, 0.15) is 28.1 Å². The molecule has 0 radical (unpaired) electrons. The highest BCUT2D eigenvalue weighted by molar-refractivity contribution is 7.21. The number of carbonyl (C=O) groups excluding carboxylic acids is 1. The molecule has 2 aromatic heterocycles. The van der Waals surface area contributed by atoms with Crippen LogP contribution in [0.2, 0.25) is 0 Å². The Balaban J connectivity index is 1.22. The minimum atomic E-state index is -0.889. The molecule has 1 aliphatic rings. The highest BCUT2D eigenvalue weighted by Crippen LogP contribution is 2.34. The average molecular weight is 488 g/mol. The number of hydrogen-bond acceptors (Lipinski definition) is 6. The highest BCUT2D eigenvalue weighted by atomic mass is 32.1. The van der Waals surface area contributed by atoms with Crippen molar-refractivity contribution >= 4 is 39.0 Å². The molecule has 7 nitrogen and oxygen atoms in total. The number of fused-ring (bicyclic) bond motifs is 1. The standard InChI is InChI=1S/C27H25N3O4S/c31-25(29-18-9-11-20(12-10-18)34-21-6-3-13-28-16-21)17-30-14-4-5-19(30)15-23-22-7-1-2-8-24(22)35-26(23)27(32)33/h1-3,6-13,16,19H,4-5,14-15,17H2,(H,29,31)(H,32,33)/t19-/m1/s1. The zero-order valence-electron chi connectivity index (χ0n) is 19.0. The Hall–Kier alpha value is -3.75. The number of anilines is 1. The maximum Gasteiger partial charge on any atom is 0.346 e. The predicted molar refractivity (Wildman–Crippen MR) is 136 cm³/mol. The number of ether oxygens (including phenoxy) is 1. The first-order chi connectivity index (χ1) is 17.1. The molecule has 4 aromatic rings. The van der Waals surface area contributed by atoms with Gasteiger partial charge in [0, 0.05) is 22.6 Å². The number of benzene rings is 2. The van der Waals surface area contributed by atoms with Gasteiger partial charge in [0.15, 0.2) is 0 Å². The third-order valence-corrected chi connectivity index (χ3v) is 7.39. The summed E-state index contributed by atoms with van der Waals surface area (Å²) in [5.41, 5.74) is 1.57. The third kappa shape index (κ3) is 5.34. The lowest BCUT2D eigenvalue weighted by atomic mass is 10.0. The van der Waals surface area contributed by atoms with Gasteiger partial charge >= 0.3 is 5.97 Å². The number of thiophene rings is 1. The van der Waals surface area contributed by atoms with Gasteiger partial charge in [-0.05, 0) is 79.2 Å². The van der Waals surface area contributed by atoms with Crippen molar-refractivity contribution in [3.63, 3.8) is 0 Å². The molecular weight excluding hydrogens is 462 g/mol. The van der Waals surface area contributed by atoms with Crippen LogP contribution in [-0.2, 0) is 11.2 Å². The van der Waals surface area contributed by atoms with Crippen LogP contribution in [0, 0.1) is 0 Å². The number of likely N-dealkylation sites (tertiary alicyclic amines) is 1. The van der Waals surface area contributed by atoms with Crippen molar-refractivity contribution in [3.8, 4) is 11.5 Å². The summed E-state index contributed by atoms with van der Waals surface area (Å²) in [6, 6.07) is 18.8. The molecule has 0 unspecified atom stereocenters. The molecule has 35 heavy (non-hydrogen) atoms. The number of nitrogens with one attached hydrogen (secondary N) is 1. The van der Waals surface area contributed by atoms with Crippen LogP contribution < -0.4 is 10.1 Å². The van der Waals surface area contributed by atoms with E-state index < -0.39 is 5.97 Å². The Morgan fingerprint density at radius 3 is 2.69 bits per heavy atom. The van der Waals surface area contributed by atoms with Gasteiger partial charge in [-0.2, -0.15) is 0 Å². The summed E-state index contributed by atoms with van der Waals surface area (Å²) in [4.78, 5) is 31.3. The smallest absolute Gasteiger partial charge is 0.346 e. The van der Waals surface area contributed by atoms with E-state index in [4.69, 9.17) is 4.74 Å². The van der Waals surface area contributed by atoms with Gasteiger partial charge < -0.3 is 15.2 Å². The number of amides is 1. The van der Waals surface area contributed by atoms with E-state index in [1.54, 1.807) is 30.6 Å². The van der Waals surface area contributed by atoms with Gasteiger partial charge in [-0.3, -0.25) is 14.7 Å². The summed E-state index contributed by atoms with van der Waals surface area (Å²) in [5, 5.41) is 13.7. The second-order valence-electron chi connectivity index (χ2n) is 8.55. The molecular formula is C27H25N3O4S. The molecule has 2 N–H and O–H groups in total. The second kappa shape index (κ2) is 10.2. The number of pyridine rings is 1. The zero-order valence-corrected chi connectivity index (χ0v) is 19.8. The van der Waals surface area contributed by atoms with E-state index in [-0.39, 0.29) is 18.5 Å². The molecule has 1 amide bonds. The van der Waals surface area contributed by atoms with Crippen LogP contribution in [0.4, 0.5) is 5.69 Å². The fourth-order valence-electron chi connectivity index (χ4n) is 4.58. The molecule has 1 fully saturated rings. The minimum Gasteiger partial charge on any atom is -0.477 e. The summed E-state index contributed by atoms with van der Waals surface area (Å²) in [6.07, 6.45) is 5.88. The number of nitrogens with zero attached hydrogens (tertiary/aromatic N) is 2. The summed E-state index contributed by atoms with van der Waals surface area (Å²) >= 11 is 1.32. The van der Waals surface area contributed by atoms with Gasteiger partial charge in [0.25, 0.3) is 0 Å². The van der Waals surface area contributed by atoms with E-state index in [2.05, 4.69) is 15.2 Å². The average Bonchev–Trinajstić information content (AvgIpc) is 3.46. The van der Waals surface area contributed by atoms with Crippen LogP contribution in [0.3, 0.4) is 0 Å². The number of carboxylic acid groups (broad SMARTS) is 1. The summed E-state index contributed by atoms with van der Waals surface area (Å²) in [5.74, 6) is 0.326. The van der Waals surface area contributed by atoms with Crippen LogP contribution >= 0.6 is 11.3 Å². The molecule has 1 saturated heterocycles. The van der Waals surface area contributed by atoms with E-state index in [0.29, 0.717) is 28.5 Å². The third-order valence-electron chi connectivity index (χ3n) is 6.19. The first-order valence-corrected chi connectivity index (χ1v) is 12.3. The second-order valence-corrected chi connectivity index (χ2v) is 9.60. The molecule has 1 atom stereocenters. The number of carboxylic acids is 1. The summed E-state index contributed by atoms with van der Waals surface area (Å²) < 4.78 is 6.73. The van der Waals surface area contributed by atoms with E-state index >= 15 is 0 Å². The Kier molecular flexibility index (Phi) is 6.74. The van der Waals surface area contributed by atoms with Crippen molar-refractivity contribution in [2.24, 2.45) is 0 Å². The van der Waals surface area contributed by atoms with E-state index in [1.165, 1.54) is 11.3 Å². The number of hydrogen-bond donors (Lipinski definition) is 2. The normalized spacial score (nSPS) is 15.8. The van der Waals surface area contributed by atoms with Crippen LogP contribution in [0.5, 0.6) is 11.5 Å². The van der Waals surface area contributed by atoms with Gasteiger partial charge in [-0.25, -0.2) is 4.79 Å². The predicted octanol–water partition coefficient (Wildman–Crippen LogP) is 5.43. The lowest BCUT2D eigenvalue weighted by Crippen LogP contribution is -2.38. The molecule has 5 rings (SSSR count). The molecule has 3 heterocycles. The van der Waals surface area contributed by atoms with Gasteiger partial charge in [0.05, 0.1) is 12.7 Å². The summed E-state index contributed by atoms with van der Waals surface area (Å²) in [6.45, 7) is 1.09. The summed E-state index contributed by atoms with van der Waals surface area (Å²) in [7, 11) is 0. The molecule has 178 valence electrons. The quantitative estimate of drug-likeness (QED) is 0.344. The first kappa shape index (κ1) is 23.0. The minimum absolute atomic E-state index is 0.0912. The molecule has 0 spiro atoms. The molecule has 0 bridgehead atoms. The maximum atomic E-state index is 12.8. The topological polar surface area (TPSA) is 91.8 Å². The van der Waals surface area contributed by atoms with Gasteiger partial charge in [-0.1, -0.05) is 18.2 Å². The zero-order chi connectivity index (χ0) is 24.2. The Morgan fingerprint density at radius 2 is 1.91 bits per heavy atom. The lowest BCUT2D eigenvalue weighted by molar-refractivity contribution is -0.117. The Bertz CT molecular complexity index is 1340. The SMILES string of the molecule is O=C(CN1CCC[C@@H]1Cc1c(C(=O)O)sc2ccccc12)Nc1ccc(Oc2cccnc2)cc1. The Morgan fingerprint density at radius 1 is 1.09 bits per heavy atom.